The second-order valence-electron chi connectivity index (χ2n) is 18.9. The standard InChI is InChI=1S/C49H78N6O15/c1-52-34-18-35(53-2)42(44(41(34)62-4)70-48-45(63-5)43(37(66-48)15-17-56)69-47-40(54-3)32(23-60)30(21-58)36(65-47)14-16-50)68-46-39(51)31(22-59)29(20-57)38(67-46)19-55-49(61)64-24-33-27-12-8-6-10-25(27)26-11-7-9-13-28(26)33/h6-13,29-48,52-54,56-60H,14-24,50-51H2,1-5H3,(H,55,61). The quantitative estimate of drug-likeness (QED) is 0.0607. The highest BCUT2D eigenvalue weighted by Gasteiger charge is 2.56. The summed E-state index contributed by atoms with van der Waals surface area (Å²) >= 11 is 0. The monoisotopic (exact) mass is 991 g/mol. The molecule has 2 aromatic carbocycles. The largest absolute Gasteiger partial charge is 0.449 e. The van der Waals surface area contributed by atoms with E-state index in [1.165, 1.54) is 7.11 Å². The van der Waals surface area contributed by atoms with Gasteiger partial charge < -0.3 is 101 Å². The Kier molecular flexibility index (Phi) is 20.2. The van der Waals surface area contributed by atoms with Gasteiger partial charge in [-0.25, -0.2) is 4.79 Å². The van der Waals surface area contributed by atoms with Gasteiger partial charge in [0.15, 0.2) is 18.9 Å². The normalized spacial score (nSPS) is 37.5. The second-order valence-corrected chi connectivity index (χ2v) is 18.9. The molecule has 3 heterocycles. The summed E-state index contributed by atoms with van der Waals surface area (Å²) in [6.45, 7) is -1.19. The lowest BCUT2D eigenvalue weighted by molar-refractivity contribution is -0.305. The van der Waals surface area contributed by atoms with Crippen LogP contribution in [-0.2, 0) is 42.6 Å². The average Bonchev–Trinajstić information content (AvgIpc) is 3.88. The third kappa shape index (κ3) is 11.4. The Morgan fingerprint density at radius 1 is 0.643 bits per heavy atom. The van der Waals surface area contributed by atoms with Crippen LogP contribution in [0.5, 0.6) is 0 Å². The van der Waals surface area contributed by atoms with Crippen LogP contribution in [0.4, 0.5) is 4.79 Å². The van der Waals surface area contributed by atoms with E-state index in [9.17, 15) is 30.3 Å². The lowest BCUT2D eigenvalue weighted by Gasteiger charge is -2.50. The van der Waals surface area contributed by atoms with Crippen molar-refractivity contribution in [2.45, 2.75) is 117 Å². The van der Waals surface area contributed by atoms with Gasteiger partial charge in [0.1, 0.15) is 37.1 Å². The molecule has 0 spiro atoms. The molecular weight excluding hydrogens is 913 g/mol. The van der Waals surface area contributed by atoms with Crippen LogP contribution >= 0.6 is 0 Å². The van der Waals surface area contributed by atoms with Gasteiger partial charge in [0.2, 0.25) is 0 Å². The summed E-state index contributed by atoms with van der Waals surface area (Å²) in [4.78, 5) is 13.4. The molecule has 0 aromatic heterocycles. The minimum Gasteiger partial charge on any atom is -0.449 e. The summed E-state index contributed by atoms with van der Waals surface area (Å²) in [6, 6.07) is 14.0. The highest BCUT2D eigenvalue weighted by molar-refractivity contribution is 5.79. The molecule has 0 bridgehead atoms. The van der Waals surface area contributed by atoms with Crippen LogP contribution in [0.1, 0.15) is 36.3 Å². The molecule has 19 atom stereocenters. The second kappa shape index (κ2) is 25.8. The van der Waals surface area contributed by atoms with Crippen molar-refractivity contribution in [3.63, 3.8) is 0 Å². The van der Waals surface area contributed by atoms with Crippen LogP contribution < -0.4 is 32.7 Å². The molecule has 394 valence electrons. The van der Waals surface area contributed by atoms with Gasteiger partial charge >= 0.3 is 6.09 Å². The van der Waals surface area contributed by atoms with Crippen LogP contribution in [-0.4, -0.2) is 212 Å². The molecular formula is C49H78N6O15. The zero-order chi connectivity index (χ0) is 50.1. The summed E-state index contributed by atoms with van der Waals surface area (Å²) in [5.41, 5.74) is 17.2. The highest BCUT2D eigenvalue weighted by atomic mass is 16.8. The van der Waals surface area contributed by atoms with E-state index in [1.807, 2.05) is 43.4 Å². The molecule has 19 unspecified atom stereocenters. The third-order valence-electron chi connectivity index (χ3n) is 15.4. The summed E-state index contributed by atoms with van der Waals surface area (Å²) in [5.74, 6) is -2.36. The van der Waals surface area contributed by atoms with Crippen molar-refractivity contribution in [3.8, 4) is 11.1 Å². The predicted molar refractivity (Wildman–Crippen MR) is 254 cm³/mol. The Bertz CT molecular complexity index is 1880. The fourth-order valence-electron chi connectivity index (χ4n) is 11.7. The predicted octanol–water partition coefficient (Wildman–Crippen LogP) is -1.45. The molecule has 13 N–H and O–H groups in total. The molecule has 1 saturated carbocycles. The van der Waals surface area contributed by atoms with Gasteiger partial charge in [-0.05, 0) is 69.2 Å². The molecule has 2 aliphatic carbocycles. The number of ether oxygens (including phenoxy) is 9. The van der Waals surface area contributed by atoms with Crippen LogP contribution in [0.3, 0.4) is 0 Å². The maximum absolute atomic E-state index is 13.4. The number of amides is 1. The zero-order valence-corrected chi connectivity index (χ0v) is 40.9. The van der Waals surface area contributed by atoms with E-state index in [1.54, 1.807) is 21.2 Å². The Hall–Kier alpha value is -3.01. The van der Waals surface area contributed by atoms with Gasteiger partial charge in [0.05, 0.1) is 30.4 Å². The number of hydrogen-bond donors (Lipinski definition) is 11. The van der Waals surface area contributed by atoms with E-state index in [0.29, 0.717) is 12.8 Å². The fraction of sp³-hybridized carbons (Fsp3) is 0.735. The Morgan fingerprint density at radius 2 is 1.20 bits per heavy atom. The molecule has 4 fully saturated rings. The molecule has 21 heteroatoms. The highest BCUT2D eigenvalue weighted by Crippen LogP contribution is 2.45. The van der Waals surface area contributed by atoms with E-state index < -0.39 is 122 Å². The molecule has 3 saturated heterocycles. The first kappa shape index (κ1) is 54.8. The van der Waals surface area contributed by atoms with Gasteiger partial charge in [-0.15, -0.1) is 0 Å². The van der Waals surface area contributed by atoms with Crippen molar-refractivity contribution < 1.29 is 73.0 Å². The summed E-state index contributed by atoms with van der Waals surface area (Å²) in [7, 11) is 8.42. The van der Waals surface area contributed by atoms with Crippen molar-refractivity contribution in [2.24, 2.45) is 35.1 Å². The third-order valence-corrected chi connectivity index (χ3v) is 15.4. The first-order chi connectivity index (χ1) is 34.1. The average molecular weight is 991 g/mol. The summed E-state index contributed by atoms with van der Waals surface area (Å²) < 4.78 is 58.3. The molecule has 5 aliphatic rings. The SMILES string of the molecule is CNC1CC(NC)C(OC2OC(CNC(=O)OCC3c4ccccc4-c4ccccc43)C(CO)C(CO)C2N)C(OC2OC(CCO)C(OC3OC(CCN)C(CO)C(CO)C3NC)C2OC)C1OC. The number of nitrogens with one attached hydrogen (secondary N) is 4. The summed E-state index contributed by atoms with van der Waals surface area (Å²) in [6.07, 6.45) is -9.06. The maximum atomic E-state index is 13.4. The molecule has 0 radical (unpaired) electrons. The van der Waals surface area contributed by atoms with E-state index in [4.69, 9.17) is 54.1 Å². The first-order valence-electron chi connectivity index (χ1n) is 24.7. The number of methoxy groups -OCH3 is 2. The lowest BCUT2D eigenvalue weighted by Crippen LogP contribution is -2.68. The Morgan fingerprint density at radius 3 is 1.77 bits per heavy atom. The van der Waals surface area contributed by atoms with E-state index in [2.05, 4.69) is 33.4 Å². The van der Waals surface area contributed by atoms with Gasteiger partial charge in [-0.3, -0.25) is 0 Å². The molecule has 7 rings (SSSR count). The van der Waals surface area contributed by atoms with Gasteiger partial charge in [0.25, 0.3) is 0 Å². The minimum atomic E-state index is -1.17. The fourth-order valence-corrected chi connectivity index (χ4v) is 11.7. The smallest absolute Gasteiger partial charge is 0.407 e. The summed E-state index contributed by atoms with van der Waals surface area (Å²) in [5, 5.41) is 65.3. The van der Waals surface area contributed by atoms with Crippen molar-refractivity contribution in [3.05, 3.63) is 59.7 Å². The Labute approximate surface area is 410 Å². The number of alkyl carbamates (subject to hydrolysis) is 1. The first-order valence-corrected chi connectivity index (χ1v) is 24.7. The molecule has 1 amide bonds. The number of rotatable bonds is 23. The number of hydrogen-bond acceptors (Lipinski definition) is 20. The number of aliphatic hydroxyl groups excluding tert-OH is 5. The molecule has 2 aromatic rings. The van der Waals surface area contributed by atoms with Gasteiger partial charge in [-0.1, -0.05) is 48.5 Å². The van der Waals surface area contributed by atoms with E-state index in [-0.39, 0.29) is 64.5 Å². The van der Waals surface area contributed by atoms with E-state index >= 15 is 0 Å². The molecule has 21 nitrogen and oxygen atoms in total. The van der Waals surface area contributed by atoms with Crippen molar-refractivity contribution in [1.82, 2.24) is 21.3 Å². The van der Waals surface area contributed by atoms with Crippen molar-refractivity contribution in [1.29, 1.82) is 0 Å². The maximum Gasteiger partial charge on any atom is 0.407 e. The number of fused-ring (bicyclic) bond motifs is 3. The Balaban J connectivity index is 1.09. The number of aliphatic hydroxyl groups is 5. The minimum absolute atomic E-state index is 0.0849. The van der Waals surface area contributed by atoms with Crippen LogP contribution in [0, 0.1) is 23.7 Å². The lowest BCUT2D eigenvalue weighted by atomic mass is 9.79. The topological polar surface area (TPSA) is 301 Å². The number of carbonyl (C=O) groups excluding carboxylic acids is 1. The van der Waals surface area contributed by atoms with Crippen molar-refractivity contribution >= 4 is 6.09 Å². The van der Waals surface area contributed by atoms with Crippen LogP contribution in [0.15, 0.2) is 48.5 Å². The zero-order valence-electron chi connectivity index (χ0n) is 40.9. The number of benzene rings is 2. The van der Waals surface area contributed by atoms with Crippen LogP contribution in [0.2, 0.25) is 0 Å². The number of likely N-dealkylation sites (N-methyl/N-ethyl adjacent to an activating group) is 3. The van der Waals surface area contributed by atoms with E-state index in [0.717, 1.165) is 22.3 Å². The molecule has 3 aliphatic heterocycles. The van der Waals surface area contributed by atoms with Crippen LogP contribution in [0.25, 0.3) is 11.1 Å². The molecule has 70 heavy (non-hydrogen) atoms. The van der Waals surface area contributed by atoms with Gasteiger partial charge in [-0.2, -0.15) is 0 Å². The number of carbonyl (C=O) groups is 1. The number of nitrogens with two attached hydrogens (primary N) is 2. The van der Waals surface area contributed by atoms with Crippen molar-refractivity contribution in [2.75, 3.05) is 88.1 Å². The van der Waals surface area contributed by atoms with Gasteiger partial charge in [0, 0.05) is 95.5 Å².